The van der Waals surface area contributed by atoms with Crippen molar-refractivity contribution < 1.29 is 18.3 Å². The lowest BCUT2D eigenvalue weighted by Crippen LogP contribution is -2.47. The largest absolute Gasteiger partial charge is 0.480 e. The molecule has 0 unspecified atom stereocenters. The van der Waals surface area contributed by atoms with Crippen molar-refractivity contribution in [2.75, 3.05) is 6.54 Å². The molecule has 1 aromatic heterocycles. The van der Waals surface area contributed by atoms with Crippen molar-refractivity contribution in [3.05, 3.63) is 11.2 Å². The summed E-state index contributed by atoms with van der Waals surface area (Å²) in [4.78, 5) is 15.0. The molecule has 1 aliphatic rings. The van der Waals surface area contributed by atoms with E-state index in [0.717, 1.165) is 22.1 Å². The van der Waals surface area contributed by atoms with Crippen molar-refractivity contribution in [2.24, 2.45) is 0 Å². The van der Waals surface area contributed by atoms with Crippen LogP contribution >= 0.6 is 11.3 Å². The first kappa shape index (κ1) is 13.4. The van der Waals surface area contributed by atoms with E-state index in [9.17, 15) is 13.2 Å². The summed E-state index contributed by atoms with van der Waals surface area (Å²) in [6, 6.07) is -0.953. The summed E-state index contributed by atoms with van der Waals surface area (Å²) in [7, 11) is -3.73. The molecule has 1 fully saturated rings. The normalized spacial score (nSPS) is 21.9. The molecule has 8 heteroatoms. The van der Waals surface area contributed by atoms with E-state index < -0.39 is 22.0 Å². The number of carbonyl (C=O) groups is 1. The molecule has 1 N–H and O–H groups in total. The zero-order valence-electron chi connectivity index (χ0n) is 9.87. The van der Waals surface area contributed by atoms with E-state index in [1.54, 1.807) is 6.92 Å². The predicted molar refractivity (Wildman–Crippen MR) is 66.0 cm³/mol. The molecule has 6 nitrogen and oxygen atoms in total. The third kappa shape index (κ3) is 2.40. The van der Waals surface area contributed by atoms with Gasteiger partial charge in [-0.05, 0) is 26.2 Å². The van der Waals surface area contributed by atoms with Gasteiger partial charge in [-0.25, -0.2) is 13.4 Å². The number of rotatable bonds is 3. The average molecular weight is 290 g/mol. The molecule has 0 aromatic carbocycles. The van der Waals surface area contributed by atoms with Gasteiger partial charge in [-0.1, -0.05) is 0 Å². The number of hydrogen-bond donors (Lipinski definition) is 1. The molecule has 0 radical (unpaired) electrons. The van der Waals surface area contributed by atoms with Crippen LogP contribution in [0.4, 0.5) is 0 Å². The molecule has 1 saturated heterocycles. The van der Waals surface area contributed by atoms with Gasteiger partial charge in [0.2, 0.25) is 0 Å². The van der Waals surface area contributed by atoms with Crippen LogP contribution in [0.1, 0.15) is 24.3 Å². The maximum absolute atomic E-state index is 12.3. The number of carboxylic acids is 1. The van der Waals surface area contributed by atoms with Crippen molar-refractivity contribution >= 4 is 27.3 Å². The van der Waals surface area contributed by atoms with Gasteiger partial charge in [0.1, 0.15) is 6.04 Å². The standard InChI is InChI=1S/C10H14N2O4S2/c1-7-11-6-9(17-7)18(15,16)12-5-3-2-4-8(12)10(13)14/h6,8H,2-5H2,1H3,(H,13,14)/t8-/m0/s1. The second-order valence-electron chi connectivity index (χ2n) is 4.16. The van der Waals surface area contributed by atoms with Crippen LogP contribution < -0.4 is 0 Å². The minimum atomic E-state index is -3.73. The van der Waals surface area contributed by atoms with Gasteiger partial charge in [0, 0.05) is 6.54 Å². The van der Waals surface area contributed by atoms with Crippen molar-refractivity contribution in [1.29, 1.82) is 0 Å². The van der Waals surface area contributed by atoms with Crippen LogP contribution in [-0.4, -0.2) is 41.4 Å². The fraction of sp³-hybridized carbons (Fsp3) is 0.600. The Morgan fingerprint density at radius 3 is 2.83 bits per heavy atom. The van der Waals surface area contributed by atoms with Crippen LogP contribution in [-0.2, 0) is 14.8 Å². The molecule has 0 saturated carbocycles. The Labute approximate surface area is 109 Å². The lowest BCUT2D eigenvalue weighted by Gasteiger charge is -2.31. The molecule has 0 amide bonds. The monoisotopic (exact) mass is 290 g/mol. The number of piperidine rings is 1. The molecule has 0 aliphatic carbocycles. The maximum atomic E-state index is 12.3. The van der Waals surface area contributed by atoms with E-state index in [2.05, 4.69) is 4.98 Å². The van der Waals surface area contributed by atoms with Gasteiger partial charge in [0.05, 0.1) is 11.2 Å². The van der Waals surface area contributed by atoms with Crippen LogP contribution in [0.2, 0.25) is 0 Å². The lowest BCUT2D eigenvalue weighted by molar-refractivity contribution is -0.142. The van der Waals surface area contributed by atoms with Gasteiger partial charge < -0.3 is 5.11 Å². The van der Waals surface area contributed by atoms with E-state index in [-0.39, 0.29) is 10.8 Å². The summed E-state index contributed by atoms with van der Waals surface area (Å²) >= 11 is 1.07. The summed E-state index contributed by atoms with van der Waals surface area (Å²) in [5.41, 5.74) is 0. The van der Waals surface area contributed by atoms with Gasteiger partial charge in [0.25, 0.3) is 10.0 Å². The van der Waals surface area contributed by atoms with Crippen molar-refractivity contribution in [3.8, 4) is 0 Å². The van der Waals surface area contributed by atoms with E-state index >= 15 is 0 Å². The third-order valence-electron chi connectivity index (χ3n) is 2.90. The smallest absolute Gasteiger partial charge is 0.322 e. The Bertz CT molecular complexity index is 552. The number of nitrogens with zero attached hydrogens (tertiary/aromatic N) is 2. The highest BCUT2D eigenvalue weighted by Gasteiger charge is 2.38. The van der Waals surface area contributed by atoms with Crippen molar-refractivity contribution in [1.82, 2.24) is 9.29 Å². The molecular formula is C10H14N2O4S2. The highest BCUT2D eigenvalue weighted by molar-refractivity contribution is 7.91. The van der Waals surface area contributed by atoms with Crippen LogP contribution in [0.25, 0.3) is 0 Å². The third-order valence-corrected chi connectivity index (χ3v) is 6.16. The van der Waals surface area contributed by atoms with Gasteiger partial charge in [0.15, 0.2) is 4.21 Å². The predicted octanol–water partition coefficient (Wildman–Crippen LogP) is 1.08. The fourth-order valence-electron chi connectivity index (χ4n) is 2.02. The molecule has 2 rings (SSSR count). The van der Waals surface area contributed by atoms with E-state index in [4.69, 9.17) is 5.11 Å². The topological polar surface area (TPSA) is 87.6 Å². The molecule has 18 heavy (non-hydrogen) atoms. The SMILES string of the molecule is Cc1ncc(S(=O)(=O)N2CCCC[C@H]2C(=O)O)s1. The Balaban J connectivity index is 2.36. The summed E-state index contributed by atoms with van der Waals surface area (Å²) in [5, 5.41) is 9.76. The van der Waals surface area contributed by atoms with Crippen LogP contribution in [0.3, 0.4) is 0 Å². The summed E-state index contributed by atoms with van der Waals surface area (Å²) < 4.78 is 25.9. The van der Waals surface area contributed by atoms with Crippen LogP contribution in [0.15, 0.2) is 10.4 Å². The number of aryl methyl sites for hydroxylation is 1. The second kappa shape index (κ2) is 4.94. The molecule has 0 spiro atoms. The average Bonchev–Trinajstić information content (AvgIpc) is 2.76. The molecule has 1 atom stereocenters. The van der Waals surface area contributed by atoms with E-state index in [1.807, 2.05) is 0 Å². The number of aliphatic carboxylic acids is 1. The minimum Gasteiger partial charge on any atom is -0.480 e. The first-order valence-electron chi connectivity index (χ1n) is 5.60. The zero-order chi connectivity index (χ0) is 13.3. The highest BCUT2D eigenvalue weighted by atomic mass is 32.2. The Hall–Kier alpha value is -0.990. The molecule has 1 aromatic rings. The van der Waals surface area contributed by atoms with Gasteiger partial charge in [-0.3, -0.25) is 4.79 Å². The van der Waals surface area contributed by atoms with Crippen LogP contribution in [0, 0.1) is 6.92 Å². The minimum absolute atomic E-state index is 0.119. The first-order chi connectivity index (χ1) is 8.43. The molecule has 100 valence electrons. The first-order valence-corrected chi connectivity index (χ1v) is 7.85. The zero-order valence-corrected chi connectivity index (χ0v) is 11.5. The van der Waals surface area contributed by atoms with Crippen LogP contribution in [0.5, 0.6) is 0 Å². The van der Waals surface area contributed by atoms with Gasteiger partial charge in [-0.15, -0.1) is 11.3 Å². The second-order valence-corrected chi connectivity index (χ2v) is 7.52. The Kier molecular flexibility index (Phi) is 3.69. The summed E-state index contributed by atoms with van der Waals surface area (Å²) in [6.07, 6.45) is 3.10. The van der Waals surface area contributed by atoms with Gasteiger partial charge in [-0.2, -0.15) is 4.31 Å². The van der Waals surface area contributed by atoms with E-state index in [1.165, 1.54) is 6.20 Å². The molecular weight excluding hydrogens is 276 g/mol. The highest BCUT2D eigenvalue weighted by Crippen LogP contribution is 2.28. The number of carboxylic acid groups (broad SMARTS) is 1. The van der Waals surface area contributed by atoms with Crippen molar-refractivity contribution in [2.45, 2.75) is 36.4 Å². The van der Waals surface area contributed by atoms with E-state index in [0.29, 0.717) is 17.8 Å². The fourth-order valence-corrected chi connectivity index (χ4v) is 4.91. The number of hydrogen-bond acceptors (Lipinski definition) is 5. The van der Waals surface area contributed by atoms with Crippen molar-refractivity contribution in [3.63, 3.8) is 0 Å². The quantitative estimate of drug-likeness (QED) is 0.900. The summed E-state index contributed by atoms with van der Waals surface area (Å²) in [6.45, 7) is 1.98. The number of sulfonamides is 1. The maximum Gasteiger partial charge on any atom is 0.322 e. The molecule has 0 bridgehead atoms. The molecule has 2 heterocycles. The van der Waals surface area contributed by atoms with Gasteiger partial charge >= 0.3 is 5.97 Å². The summed E-state index contributed by atoms with van der Waals surface area (Å²) in [5.74, 6) is -1.08. The Morgan fingerprint density at radius 1 is 1.56 bits per heavy atom. The lowest BCUT2D eigenvalue weighted by atomic mass is 10.1. The Morgan fingerprint density at radius 2 is 2.28 bits per heavy atom. The number of aromatic nitrogens is 1. The molecule has 1 aliphatic heterocycles. The number of thiazole rings is 1.